The van der Waals surface area contributed by atoms with Crippen molar-refractivity contribution in [1.82, 2.24) is 0 Å². The second-order valence-electron chi connectivity index (χ2n) is 6.79. The van der Waals surface area contributed by atoms with Gasteiger partial charge in [-0.05, 0) is 29.5 Å². The number of hydrogen-bond acceptors (Lipinski definition) is 2. The minimum absolute atomic E-state index is 0. The minimum atomic E-state index is -2.02. The third-order valence-electron chi connectivity index (χ3n) is 2.89. The fourth-order valence-electron chi connectivity index (χ4n) is 1.85. The van der Waals surface area contributed by atoms with Crippen molar-refractivity contribution in [2.45, 2.75) is 74.8 Å². The van der Waals surface area contributed by atoms with Gasteiger partial charge in [-0.25, -0.2) is 0 Å². The maximum Gasteiger partial charge on any atom is 0.404 e. The number of fused-ring (bicyclic) bond motifs is 1. The molecule has 2 aromatic rings. The van der Waals surface area contributed by atoms with Crippen LogP contribution in [0.15, 0.2) is 54.6 Å². The van der Waals surface area contributed by atoms with E-state index in [1.807, 2.05) is 62.4 Å². The Labute approximate surface area is 166 Å². The van der Waals surface area contributed by atoms with E-state index in [1.165, 1.54) is 6.92 Å². The van der Waals surface area contributed by atoms with E-state index in [9.17, 15) is 4.39 Å². The fraction of sp³-hybridized carbons (Fsp3) is 0.500. The Kier molecular flexibility index (Phi) is 14.2. The van der Waals surface area contributed by atoms with Crippen molar-refractivity contribution in [3.05, 3.63) is 60.2 Å². The van der Waals surface area contributed by atoms with Gasteiger partial charge in [0, 0.05) is 6.92 Å². The third-order valence-corrected chi connectivity index (χ3v) is 2.89. The van der Waals surface area contributed by atoms with Crippen LogP contribution in [0.2, 0.25) is 0 Å². The summed E-state index contributed by atoms with van der Waals surface area (Å²) in [6.07, 6.45) is 0. The molecule has 0 saturated carbocycles. The van der Waals surface area contributed by atoms with Crippen molar-refractivity contribution in [2.75, 3.05) is 0 Å². The van der Waals surface area contributed by atoms with E-state index in [-0.39, 0.29) is 7.43 Å². The molecule has 0 aromatic heterocycles. The summed E-state index contributed by atoms with van der Waals surface area (Å²) in [6.45, 7) is 15.9. The number of ether oxygens (including phenoxy) is 2. The molecule has 3 heteroatoms. The number of alkyl halides is 1. The van der Waals surface area contributed by atoms with E-state index in [0.29, 0.717) is 17.4 Å². The first kappa shape index (κ1) is 27.2. The van der Waals surface area contributed by atoms with Gasteiger partial charge >= 0.3 is 6.04 Å². The molecule has 1 aliphatic heterocycles. The molecule has 0 saturated heterocycles. The van der Waals surface area contributed by atoms with Crippen LogP contribution in [0.3, 0.4) is 0 Å². The molecule has 1 heterocycles. The number of benzene rings is 2. The van der Waals surface area contributed by atoms with Gasteiger partial charge in [-0.3, -0.25) is 0 Å². The lowest BCUT2D eigenvalue weighted by Crippen LogP contribution is -2.27. The zero-order valence-electron chi connectivity index (χ0n) is 17.5. The summed E-state index contributed by atoms with van der Waals surface area (Å²) in [5.74, 6) is 2.19. The van der Waals surface area contributed by atoms with Crippen molar-refractivity contribution >= 4 is 0 Å². The summed E-state index contributed by atoms with van der Waals surface area (Å²) in [5.41, 5.74) is 1.12. The second-order valence-corrected chi connectivity index (χ2v) is 6.79. The molecule has 2 aromatic carbocycles. The summed E-state index contributed by atoms with van der Waals surface area (Å²) in [4.78, 5) is 0. The third kappa shape index (κ3) is 12.1. The van der Waals surface area contributed by atoms with Crippen molar-refractivity contribution in [2.24, 2.45) is 5.92 Å². The van der Waals surface area contributed by atoms with Gasteiger partial charge < -0.3 is 9.47 Å². The molecule has 2 nitrogen and oxygen atoms in total. The van der Waals surface area contributed by atoms with E-state index in [2.05, 4.69) is 34.6 Å². The molecule has 0 spiro atoms. The van der Waals surface area contributed by atoms with Crippen molar-refractivity contribution in [3.63, 3.8) is 0 Å². The maximum absolute atomic E-state index is 13.3. The molecule has 154 valence electrons. The summed E-state index contributed by atoms with van der Waals surface area (Å²) in [5, 5.41) is 0. The largest absolute Gasteiger partial charge is 0.423 e. The molecule has 0 fully saturated rings. The molecule has 3 rings (SSSR count). The van der Waals surface area contributed by atoms with E-state index < -0.39 is 6.04 Å². The highest BCUT2D eigenvalue weighted by atomic mass is 19.2. The number of halogens is 1. The van der Waals surface area contributed by atoms with Crippen LogP contribution in [0, 0.1) is 5.92 Å². The van der Waals surface area contributed by atoms with Crippen LogP contribution in [0.1, 0.15) is 74.3 Å². The van der Waals surface area contributed by atoms with Gasteiger partial charge in [0.1, 0.15) is 0 Å². The highest BCUT2D eigenvalue weighted by molar-refractivity contribution is 5.46. The van der Waals surface area contributed by atoms with Gasteiger partial charge in [-0.1, -0.05) is 98.4 Å². The summed E-state index contributed by atoms with van der Waals surface area (Å²) >= 11 is 0. The molecule has 27 heavy (non-hydrogen) atoms. The summed E-state index contributed by atoms with van der Waals surface area (Å²) < 4.78 is 23.2. The SMILES string of the molecule is C.CC.CC(C)C.CC(C)c1ccc2c(c1)OC(C)(F)O2.c1ccccc1. The highest BCUT2D eigenvalue weighted by Crippen LogP contribution is 2.41. The molecular formula is C24H39FO2. The van der Waals surface area contributed by atoms with Crippen molar-refractivity contribution < 1.29 is 13.9 Å². The zero-order valence-corrected chi connectivity index (χ0v) is 17.5. The second kappa shape index (κ2) is 14.1. The molecule has 0 bridgehead atoms. The van der Waals surface area contributed by atoms with E-state index in [1.54, 1.807) is 6.07 Å². The van der Waals surface area contributed by atoms with E-state index >= 15 is 0 Å². The zero-order chi connectivity index (χ0) is 20.2. The first-order chi connectivity index (χ1) is 12.2. The predicted octanol–water partition coefficient (Wildman–Crippen LogP) is 8.24. The summed E-state index contributed by atoms with van der Waals surface area (Å²) in [6, 6.07) is 15.5. The van der Waals surface area contributed by atoms with E-state index in [0.717, 1.165) is 11.5 Å². The Bertz CT molecular complexity index is 563. The topological polar surface area (TPSA) is 18.5 Å². The van der Waals surface area contributed by atoms with Crippen LogP contribution in [0.4, 0.5) is 4.39 Å². The van der Waals surface area contributed by atoms with Gasteiger partial charge in [0.2, 0.25) is 0 Å². The lowest BCUT2D eigenvalue weighted by molar-refractivity contribution is -0.173. The van der Waals surface area contributed by atoms with Crippen LogP contribution < -0.4 is 9.47 Å². The molecule has 1 atom stereocenters. The first-order valence-electron chi connectivity index (χ1n) is 9.42. The average molecular weight is 379 g/mol. The normalized spacial score (nSPS) is 16.0. The lowest BCUT2D eigenvalue weighted by Gasteiger charge is -2.10. The Morgan fingerprint density at radius 2 is 1.15 bits per heavy atom. The molecule has 0 radical (unpaired) electrons. The van der Waals surface area contributed by atoms with Crippen LogP contribution >= 0.6 is 0 Å². The lowest BCUT2D eigenvalue weighted by atomic mass is 10.0. The maximum atomic E-state index is 13.3. The molecule has 0 N–H and O–H groups in total. The standard InChI is InChI=1S/C11H13FO2.C6H6.C4H10.C2H6.CH4/c1-7(2)8-4-5-9-10(6-8)14-11(3,12)13-9;1-2-4-6-5-3-1;1-4(2)3;1-2;/h4-7H,1-3H3;1-6H;4H,1-3H3;1-2H3;1H4. The number of rotatable bonds is 1. The number of hydrogen-bond donors (Lipinski definition) is 0. The Morgan fingerprint density at radius 1 is 0.778 bits per heavy atom. The molecular weight excluding hydrogens is 339 g/mol. The van der Waals surface area contributed by atoms with Gasteiger partial charge in [-0.2, -0.15) is 4.39 Å². The fourth-order valence-corrected chi connectivity index (χ4v) is 1.85. The van der Waals surface area contributed by atoms with Gasteiger partial charge in [0.05, 0.1) is 0 Å². The Morgan fingerprint density at radius 3 is 1.52 bits per heavy atom. The Balaban J connectivity index is 0. The first-order valence-corrected chi connectivity index (χ1v) is 9.42. The molecule has 0 amide bonds. The highest BCUT2D eigenvalue weighted by Gasteiger charge is 2.36. The molecule has 0 aliphatic carbocycles. The minimum Gasteiger partial charge on any atom is -0.423 e. The monoisotopic (exact) mass is 378 g/mol. The average Bonchev–Trinajstić information content (AvgIpc) is 2.91. The van der Waals surface area contributed by atoms with Crippen LogP contribution in [0.5, 0.6) is 11.5 Å². The quantitative estimate of drug-likeness (QED) is 0.497. The van der Waals surface area contributed by atoms with Crippen LogP contribution in [-0.2, 0) is 0 Å². The summed E-state index contributed by atoms with van der Waals surface area (Å²) in [7, 11) is 0. The molecule has 1 aliphatic rings. The van der Waals surface area contributed by atoms with Gasteiger partial charge in [-0.15, -0.1) is 0 Å². The van der Waals surface area contributed by atoms with Crippen molar-refractivity contribution in [3.8, 4) is 11.5 Å². The smallest absolute Gasteiger partial charge is 0.404 e. The van der Waals surface area contributed by atoms with Crippen molar-refractivity contribution in [1.29, 1.82) is 0 Å². The van der Waals surface area contributed by atoms with E-state index in [4.69, 9.17) is 9.47 Å². The van der Waals surface area contributed by atoms with Crippen LogP contribution in [-0.4, -0.2) is 6.04 Å². The predicted molar refractivity (Wildman–Crippen MR) is 116 cm³/mol. The Hall–Kier alpha value is -2.03. The van der Waals surface area contributed by atoms with Gasteiger partial charge in [0.15, 0.2) is 11.5 Å². The van der Waals surface area contributed by atoms with Gasteiger partial charge in [0.25, 0.3) is 0 Å². The molecule has 1 unspecified atom stereocenters. The van der Waals surface area contributed by atoms with Crippen LogP contribution in [0.25, 0.3) is 0 Å².